The van der Waals surface area contributed by atoms with Crippen LogP contribution in [0.15, 0.2) is 36.1 Å². The minimum Gasteiger partial charge on any atom is -0.497 e. The Labute approximate surface area is 224 Å². The lowest BCUT2D eigenvalue weighted by atomic mass is 10.0. The van der Waals surface area contributed by atoms with Gasteiger partial charge in [0.1, 0.15) is 11.5 Å². The molecule has 4 aromatic rings. The number of hydrogen-bond donors (Lipinski definition) is 4. The Kier molecular flexibility index (Phi) is 6.83. The number of ketones is 1. The summed E-state index contributed by atoms with van der Waals surface area (Å²) in [6.45, 7) is 4.88. The summed E-state index contributed by atoms with van der Waals surface area (Å²) < 4.78 is 28.1. The highest BCUT2D eigenvalue weighted by atomic mass is 19.1. The maximum Gasteiger partial charge on any atom is 0.319 e. The molecule has 2 amide bonds. The van der Waals surface area contributed by atoms with Crippen LogP contribution in [-0.4, -0.2) is 53.8 Å². The van der Waals surface area contributed by atoms with Crippen LogP contribution in [0.25, 0.3) is 28.2 Å². The van der Waals surface area contributed by atoms with Gasteiger partial charge in [0.25, 0.3) is 0 Å². The van der Waals surface area contributed by atoms with Gasteiger partial charge in [-0.2, -0.15) is 5.10 Å². The molecule has 1 aliphatic heterocycles. The van der Waals surface area contributed by atoms with E-state index in [0.717, 1.165) is 17.0 Å². The maximum absolute atomic E-state index is 15.1. The number of fused-ring (bicyclic) bond motifs is 2. The number of methoxy groups -OCH3 is 1. The molecule has 2 aromatic heterocycles. The van der Waals surface area contributed by atoms with Crippen LogP contribution in [0.1, 0.15) is 27.3 Å². The molecule has 11 heteroatoms. The Morgan fingerprint density at radius 1 is 1.23 bits per heavy atom. The van der Waals surface area contributed by atoms with Crippen molar-refractivity contribution in [3.05, 3.63) is 64.4 Å². The van der Waals surface area contributed by atoms with Crippen molar-refractivity contribution >= 4 is 34.5 Å². The minimum atomic E-state index is -0.486. The van der Waals surface area contributed by atoms with E-state index < -0.39 is 5.82 Å². The number of nitrogens with one attached hydrogen (secondary N) is 4. The molecule has 0 bridgehead atoms. The largest absolute Gasteiger partial charge is 0.497 e. The number of nitrogens with zero attached hydrogens (tertiary/aromatic N) is 2. The van der Waals surface area contributed by atoms with Crippen LogP contribution in [0.4, 0.5) is 14.9 Å². The second-order valence-electron chi connectivity index (χ2n) is 9.25. The second kappa shape index (κ2) is 10.3. The molecule has 0 atom stereocenters. The molecular formula is C28H29FN6O4. The normalized spacial score (nSPS) is 13.6. The van der Waals surface area contributed by atoms with E-state index >= 15 is 4.39 Å². The summed E-state index contributed by atoms with van der Waals surface area (Å²) in [6.07, 6.45) is 1.61. The van der Waals surface area contributed by atoms with E-state index in [2.05, 4.69) is 26.0 Å². The van der Waals surface area contributed by atoms with Crippen molar-refractivity contribution in [3.8, 4) is 22.8 Å². The average Bonchev–Trinajstić information content (AvgIpc) is 3.50. The molecule has 0 spiro atoms. The summed E-state index contributed by atoms with van der Waals surface area (Å²) in [7, 11) is 5.10. The number of benzene rings is 2. The van der Waals surface area contributed by atoms with Gasteiger partial charge in [0.05, 0.1) is 29.6 Å². The fourth-order valence-corrected chi connectivity index (χ4v) is 4.72. The molecular weight excluding hydrogens is 503 g/mol. The molecule has 0 saturated heterocycles. The summed E-state index contributed by atoms with van der Waals surface area (Å²) in [6, 6.07) is 7.50. The molecule has 3 heterocycles. The van der Waals surface area contributed by atoms with Crippen molar-refractivity contribution in [2.45, 2.75) is 13.8 Å². The second-order valence-corrected chi connectivity index (χ2v) is 9.25. The molecule has 1 aliphatic rings. The van der Waals surface area contributed by atoms with Crippen LogP contribution in [0.2, 0.25) is 0 Å². The fraction of sp³-hybridized carbons (Fsp3) is 0.250. The molecule has 4 N–H and O–H groups in total. The molecule has 2 aromatic carbocycles. The van der Waals surface area contributed by atoms with Crippen LogP contribution >= 0.6 is 0 Å². The van der Waals surface area contributed by atoms with Gasteiger partial charge in [0, 0.05) is 54.1 Å². The molecule has 0 fully saturated rings. The van der Waals surface area contributed by atoms with Gasteiger partial charge in [-0.05, 0) is 51.2 Å². The SMILES string of the molecule is CNCCNC(=O)Nc1ccc2c(c1)C(=O)C(=Cc1c(-c3c(C)nn(C)c3C)[nH]c3c(F)cc(OC)cc13)O2. The number of Topliss-reactive ketones (excluding diaryl/α,β-unsaturated/α-hetero) is 1. The molecule has 5 rings (SSSR count). The van der Waals surface area contributed by atoms with Crippen LogP contribution in [-0.2, 0) is 7.05 Å². The summed E-state index contributed by atoms with van der Waals surface area (Å²) >= 11 is 0. The first kappa shape index (κ1) is 26.0. The highest BCUT2D eigenvalue weighted by Gasteiger charge is 2.30. The van der Waals surface area contributed by atoms with Gasteiger partial charge in [-0.25, -0.2) is 9.18 Å². The van der Waals surface area contributed by atoms with E-state index in [0.29, 0.717) is 52.5 Å². The highest BCUT2D eigenvalue weighted by Crippen LogP contribution is 2.40. The van der Waals surface area contributed by atoms with E-state index in [9.17, 15) is 9.59 Å². The van der Waals surface area contributed by atoms with Crippen molar-refractivity contribution in [3.63, 3.8) is 0 Å². The van der Waals surface area contributed by atoms with Gasteiger partial charge in [-0.3, -0.25) is 9.48 Å². The number of H-pyrrole nitrogens is 1. The van der Waals surface area contributed by atoms with Crippen molar-refractivity contribution in [2.24, 2.45) is 7.05 Å². The third-order valence-electron chi connectivity index (χ3n) is 6.73. The number of likely N-dealkylation sites (N-methyl/N-ethyl adjacent to an activating group) is 1. The monoisotopic (exact) mass is 532 g/mol. The van der Waals surface area contributed by atoms with Gasteiger partial charge in [-0.1, -0.05) is 0 Å². The molecule has 39 heavy (non-hydrogen) atoms. The van der Waals surface area contributed by atoms with E-state index in [-0.39, 0.29) is 23.1 Å². The zero-order valence-corrected chi connectivity index (χ0v) is 22.3. The predicted octanol–water partition coefficient (Wildman–Crippen LogP) is 4.29. The summed E-state index contributed by atoms with van der Waals surface area (Å²) in [4.78, 5) is 28.8. The Bertz CT molecular complexity index is 1650. The van der Waals surface area contributed by atoms with Crippen LogP contribution in [0, 0.1) is 19.7 Å². The number of amides is 2. The van der Waals surface area contributed by atoms with E-state index in [1.807, 2.05) is 20.9 Å². The van der Waals surface area contributed by atoms with Crippen molar-refractivity contribution in [1.82, 2.24) is 25.4 Å². The Hall–Kier alpha value is -4.64. The number of urea groups is 1. The number of aryl methyl sites for hydroxylation is 2. The van der Waals surface area contributed by atoms with Crippen LogP contribution in [0.3, 0.4) is 0 Å². The predicted molar refractivity (Wildman–Crippen MR) is 147 cm³/mol. The standard InChI is InChI=1S/C28H29FN6O4/c1-14-24(15(2)35(4)34-14)26-19(18-11-17(38-5)12-21(29)25(18)33-26)13-23-27(36)20-10-16(6-7-22(20)39-23)32-28(37)31-9-8-30-3/h6-7,10-13,30,33H,8-9H2,1-5H3,(H2,31,32,37). The smallest absolute Gasteiger partial charge is 0.319 e. The molecule has 0 aliphatic carbocycles. The fourth-order valence-electron chi connectivity index (χ4n) is 4.72. The number of carbonyl (C=O) groups is 2. The number of aromatic nitrogens is 3. The first-order chi connectivity index (χ1) is 18.7. The zero-order valence-electron chi connectivity index (χ0n) is 22.3. The average molecular weight is 533 g/mol. The molecule has 0 radical (unpaired) electrons. The van der Waals surface area contributed by atoms with Gasteiger partial charge in [0.2, 0.25) is 5.78 Å². The lowest BCUT2D eigenvalue weighted by Gasteiger charge is -2.07. The van der Waals surface area contributed by atoms with Crippen molar-refractivity contribution in [1.29, 1.82) is 0 Å². The number of carbonyl (C=O) groups excluding carboxylic acids is 2. The summed E-state index contributed by atoms with van der Waals surface area (Å²) in [5, 5.41) is 13.4. The third kappa shape index (κ3) is 4.72. The zero-order chi connectivity index (χ0) is 27.8. The number of rotatable bonds is 7. The van der Waals surface area contributed by atoms with Gasteiger partial charge in [-0.15, -0.1) is 0 Å². The summed E-state index contributed by atoms with van der Waals surface area (Å²) in [5.74, 6) is -0.0559. The van der Waals surface area contributed by atoms with Crippen LogP contribution in [0.5, 0.6) is 11.5 Å². The third-order valence-corrected chi connectivity index (χ3v) is 6.73. The van der Waals surface area contributed by atoms with E-state index in [1.165, 1.54) is 13.2 Å². The number of hydrogen-bond acceptors (Lipinski definition) is 6. The topological polar surface area (TPSA) is 122 Å². The van der Waals surface area contributed by atoms with E-state index in [1.54, 1.807) is 42.1 Å². The van der Waals surface area contributed by atoms with Gasteiger partial charge < -0.3 is 30.4 Å². The van der Waals surface area contributed by atoms with Gasteiger partial charge >= 0.3 is 6.03 Å². The Morgan fingerprint density at radius 2 is 2.03 bits per heavy atom. The van der Waals surface area contributed by atoms with Crippen molar-refractivity contribution in [2.75, 3.05) is 32.6 Å². The first-order valence-corrected chi connectivity index (χ1v) is 12.4. The van der Waals surface area contributed by atoms with Gasteiger partial charge in [0.15, 0.2) is 11.6 Å². The number of aromatic amines is 1. The molecule has 0 saturated carbocycles. The lowest BCUT2D eigenvalue weighted by Crippen LogP contribution is -2.33. The van der Waals surface area contributed by atoms with E-state index in [4.69, 9.17) is 9.47 Å². The Balaban J connectivity index is 1.57. The Morgan fingerprint density at radius 3 is 2.72 bits per heavy atom. The van der Waals surface area contributed by atoms with Crippen LogP contribution < -0.4 is 25.4 Å². The quantitative estimate of drug-likeness (QED) is 0.208. The molecule has 0 unspecified atom stereocenters. The lowest BCUT2D eigenvalue weighted by molar-refractivity contribution is 0.101. The van der Waals surface area contributed by atoms with Crippen molar-refractivity contribution < 1.29 is 23.5 Å². The minimum absolute atomic E-state index is 0.0743. The maximum atomic E-state index is 15.1. The molecule has 202 valence electrons. The summed E-state index contributed by atoms with van der Waals surface area (Å²) in [5.41, 5.74) is 4.65. The number of allylic oxidation sites excluding steroid dienone is 1. The number of halogens is 1. The molecule has 10 nitrogen and oxygen atoms in total. The number of anilines is 1. The first-order valence-electron chi connectivity index (χ1n) is 12.4. The highest BCUT2D eigenvalue weighted by molar-refractivity contribution is 6.16. The number of ether oxygens (including phenoxy) is 2.